The molecule has 2 saturated heterocycles. The van der Waals surface area contributed by atoms with Gasteiger partial charge in [-0.25, -0.2) is 19.9 Å². The molecule has 31 heavy (non-hydrogen) atoms. The molecule has 0 radical (unpaired) electrons. The number of hydrogen-bond donors (Lipinski definition) is 1. The van der Waals surface area contributed by atoms with Gasteiger partial charge < -0.3 is 10.2 Å². The first-order chi connectivity index (χ1) is 15.1. The van der Waals surface area contributed by atoms with E-state index in [1.54, 1.807) is 18.5 Å². The highest BCUT2D eigenvalue weighted by Crippen LogP contribution is 2.38. The highest BCUT2D eigenvalue weighted by molar-refractivity contribution is 5.98. The molecule has 2 bridgehead atoms. The van der Waals surface area contributed by atoms with Crippen molar-refractivity contribution in [1.29, 1.82) is 0 Å². The summed E-state index contributed by atoms with van der Waals surface area (Å²) in [5, 5.41) is 3.58. The van der Waals surface area contributed by atoms with Crippen molar-refractivity contribution in [2.24, 2.45) is 5.92 Å². The monoisotopic (exact) mass is 414 g/mol. The Morgan fingerprint density at radius 1 is 1.06 bits per heavy atom. The summed E-state index contributed by atoms with van der Waals surface area (Å²) in [6, 6.07) is 9.95. The number of rotatable bonds is 4. The van der Waals surface area contributed by atoms with Gasteiger partial charge in [-0.3, -0.25) is 4.79 Å². The molecule has 0 aromatic carbocycles. The molecular formula is C24H26N6O. The van der Waals surface area contributed by atoms with Crippen molar-refractivity contribution >= 4 is 11.7 Å². The van der Waals surface area contributed by atoms with Crippen LogP contribution in [0, 0.1) is 19.8 Å². The van der Waals surface area contributed by atoms with E-state index in [-0.39, 0.29) is 18.0 Å². The fraction of sp³-hybridized carbons (Fsp3) is 0.375. The van der Waals surface area contributed by atoms with Crippen molar-refractivity contribution in [1.82, 2.24) is 24.8 Å². The van der Waals surface area contributed by atoms with Crippen molar-refractivity contribution in [3.63, 3.8) is 0 Å². The molecule has 1 amide bonds. The van der Waals surface area contributed by atoms with Crippen LogP contribution in [0.3, 0.4) is 0 Å². The minimum Gasteiger partial charge on any atom is -0.365 e. The average Bonchev–Trinajstić information content (AvgIpc) is 2.81. The summed E-state index contributed by atoms with van der Waals surface area (Å²) >= 11 is 0. The third-order valence-corrected chi connectivity index (χ3v) is 6.33. The van der Waals surface area contributed by atoms with Crippen LogP contribution in [0.1, 0.15) is 41.0 Å². The molecule has 6 rings (SSSR count). The second-order valence-electron chi connectivity index (χ2n) is 8.60. The van der Waals surface area contributed by atoms with Crippen LogP contribution in [0.15, 0.2) is 48.9 Å². The highest BCUT2D eigenvalue weighted by Gasteiger charge is 2.44. The Morgan fingerprint density at radius 2 is 1.90 bits per heavy atom. The zero-order valence-corrected chi connectivity index (χ0v) is 17.8. The zero-order valence-electron chi connectivity index (χ0n) is 17.8. The number of nitrogens with one attached hydrogen (secondary N) is 1. The van der Waals surface area contributed by atoms with Gasteiger partial charge >= 0.3 is 0 Å². The van der Waals surface area contributed by atoms with Crippen LogP contribution in [-0.2, 0) is 0 Å². The lowest BCUT2D eigenvalue weighted by atomic mass is 9.76. The number of aryl methyl sites for hydroxylation is 2. The van der Waals surface area contributed by atoms with Crippen LogP contribution in [0.5, 0.6) is 0 Å². The van der Waals surface area contributed by atoms with E-state index in [4.69, 9.17) is 0 Å². The first-order valence-electron chi connectivity index (χ1n) is 10.8. The summed E-state index contributed by atoms with van der Waals surface area (Å²) in [7, 11) is 0. The van der Waals surface area contributed by atoms with Gasteiger partial charge in [-0.05, 0) is 68.9 Å². The van der Waals surface area contributed by atoms with Crippen LogP contribution < -0.4 is 5.32 Å². The van der Waals surface area contributed by atoms with Crippen LogP contribution in [0.4, 0.5) is 5.82 Å². The maximum Gasteiger partial charge on any atom is 0.273 e. The predicted octanol–water partition coefficient (Wildman–Crippen LogP) is 3.66. The number of anilines is 1. The first kappa shape index (κ1) is 19.6. The molecule has 7 nitrogen and oxygen atoms in total. The molecule has 158 valence electrons. The first-order valence-corrected chi connectivity index (χ1v) is 10.8. The van der Waals surface area contributed by atoms with Gasteiger partial charge in [0.2, 0.25) is 0 Å². The Kier molecular flexibility index (Phi) is 5.10. The summed E-state index contributed by atoms with van der Waals surface area (Å²) in [6.07, 6.45) is 8.45. The van der Waals surface area contributed by atoms with E-state index >= 15 is 0 Å². The van der Waals surface area contributed by atoms with Gasteiger partial charge in [-0.1, -0.05) is 6.07 Å². The van der Waals surface area contributed by atoms with Crippen molar-refractivity contribution in [2.75, 3.05) is 11.9 Å². The van der Waals surface area contributed by atoms with Gasteiger partial charge in [-0.2, -0.15) is 0 Å². The fourth-order valence-corrected chi connectivity index (χ4v) is 4.80. The van der Waals surface area contributed by atoms with Crippen molar-refractivity contribution in [3.8, 4) is 11.4 Å². The summed E-state index contributed by atoms with van der Waals surface area (Å²) in [6.45, 7) is 4.71. The van der Waals surface area contributed by atoms with Gasteiger partial charge in [0, 0.05) is 36.9 Å². The van der Waals surface area contributed by atoms with Gasteiger partial charge in [0.1, 0.15) is 11.5 Å². The maximum atomic E-state index is 13.7. The Labute approximate surface area is 182 Å². The number of carbonyl (C=O) groups is 1. The number of carbonyl (C=O) groups excluding carboxylic acids is 1. The molecular weight excluding hydrogens is 388 g/mol. The van der Waals surface area contributed by atoms with Gasteiger partial charge in [0.05, 0.1) is 11.6 Å². The molecule has 3 atom stereocenters. The van der Waals surface area contributed by atoms with E-state index in [1.165, 1.54) is 0 Å². The topological polar surface area (TPSA) is 83.9 Å². The van der Waals surface area contributed by atoms with E-state index in [2.05, 4.69) is 31.3 Å². The second kappa shape index (κ2) is 8.06. The molecule has 1 N–H and O–H groups in total. The lowest BCUT2D eigenvalue weighted by Gasteiger charge is -2.50. The molecule has 1 saturated carbocycles. The van der Waals surface area contributed by atoms with E-state index in [1.807, 2.05) is 43.1 Å². The lowest BCUT2D eigenvalue weighted by Crippen LogP contribution is -2.60. The van der Waals surface area contributed by atoms with Crippen LogP contribution >= 0.6 is 0 Å². The zero-order chi connectivity index (χ0) is 21.4. The molecule has 3 aromatic heterocycles. The van der Waals surface area contributed by atoms with Crippen molar-refractivity contribution in [3.05, 3.63) is 65.9 Å². The Bertz CT molecular complexity index is 1080. The Hall–Kier alpha value is -3.35. The standard InChI is InChI=1S/C24H26N6O/c1-15-4-9-21(27-13-15)29-19-12-17-6-8-20(19)30(14-17)24(31)22-18(7-5-16(2)28-22)23-25-10-3-11-26-23/h3-5,7,9-11,13,17,19-20H,6,8,12,14H2,1-2H3,(H,27,29). The predicted molar refractivity (Wildman–Crippen MR) is 119 cm³/mol. The van der Waals surface area contributed by atoms with E-state index in [0.717, 1.165) is 42.9 Å². The summed E-state index contributed by atoms with van der Waals surface area (Å²) in [5.74, 6) is 1.84. The second-order valence-corrected chi connectivity index (χ2v) is 8.60. The summed E-state index contributed by atoms with van der Waals surface area (Å²) in [5.41, 5.74) is 3.06. The number of hydrogen-bond acceptors (Lipinski definition) is 6. The van der Waals surface area contributed by atoms with Gasteiger partial charge in [0.25, 0.3) is 5.91 Å². The minimum atomic E-state index is -0.0378. The van der Waals surface area contributed by atoms with E-state index < -0.39 is 0 Å². The molecule has 7 heteroatoms. The van der Waals surface area contributed by atoms with Gasteiger partial charge in [-0.15, -0.1) is 0 Å². The van der Waals surface area contributed by atoms with E-state index in [0.29, 0.717) is 23.0 Å². The Morgan fingerprint density at radius 3 is 2.65 bits per heavy atom. The molecule has 5 heterocycles. The molecule has 1 aliphatic carbocycles. The largest absolute Gasteiger partial charge is 0.365 e. The summed E-state index contributed by atoms with van der Waals surface area (Å²) < 4.78 is 0. The molecule has 3 aromatic rings. The number of aromatic nitrogens is 4. The van der Waals surface area contributed by atoms with Crippen LogP contribution in [-0.4, -0.2) is 49.4 Å². The van der Waals surface area contributed by atoms with Crippen LogP contribution in [0.2, 0.25) is 0 Å². The molecule has 3 unspecified atom stereocenters. The SMILES string of the molecule is Cc1ccc(NC2CC3CCC2N(C(=O)c2nc(C)ccc2-c2ncccn2)C3)nc1. The smallest absolute Gasteiger partial charge is 0.273 e. The van der Waals surface area contributed by atoms with Crippen molar-refractivity contribution in [2.45, 2.75) is 45.2 Å². The van der Waals surface area contributed by atoms with Gasteiger partial charge in [0.15, 0.2) is 5.82 Å². The number of amides is 1. The lowest BCUT2D eigenvalue weighted by molar-refractivity contribution is 0.0277. The number of pyridine rings is 2. The summed E-state index contributed by atoms with van der Waals surface area (Å²) in [4.78, 5) is 33.6. The van der Waals surface area contributed by atoms with E-state index in [9.17, 15) is 4.79 Å². The third kappa shape index (κ3) is 3.87. The molecule has 0 spiro atoms. The fourth-order valence-electron chi connectivity index (χ4n) is 4.80. The number of nitrogens with zero attached hydrogens (tertiary/aromatic N) is 5. The molecule has 3 aliphatic rings. The van der Waals surface area contributed by atoms with Crippen molar-refractivity contribution < 1.29 is 4.79 Å². The third-order valence-electron chi connectivity index (χ3n) is 6.33. The minimum absolute atomic E-state index is 0.0378. The van der Waals surface area contributed by atoms with Crippen LogP contribution in [0.25, 0.3) is 11.4 Å². The number of piperidine rings is 2. The Balaban J connectivity index is 1.44. The quantitative estimate of drug-likeness (QED) is 0.701. The maximum absolute atomic E-state index is 13.7. The molecule has 3 fully saturated rings. The molecule has 2 aliphatic heterocycles. The highest BCUT2D eigenvalue weighted by atomic mass is 16.2. The number of fused-ring (bicyclic) bond motifs is 3. The normalized spacial score (nSPS) is 22.4. The average molecular weight is 415 g/mol.